The van der Waals surface area contributed by atoms with Crippen molar-refractivity contribution < 1.29 is 9.53 Å². The molecule has 0 aliphatic carbocycles. The lowest BCUT2D eigenvalue weighted by molar-refractivity contribution is -0.115. The predicted octanol–water partition coefficient (Wildman–Crippen LogP) is 3.53. The Morgan fingerprint density at radius 1 is 1.27 bits per heavy atom. The van der Waals surface area contributed by atoms with Crippen LogP contribution < -0.4 is 10.1 Å². The zero-order valence-corrected chi connectivity index (χ0v) is 16.3. The van der Waals surface area contributed by atoms with Crippen molar-refractivity contribution in [2.75, 3.05) is 5.32 Å². The van der Waals surface area contributed by atoms with Crippen LogP contribution in [0.4, 0.5) is 5.13 Å². The molecule has 0 fully saturated rings. The van der Waals surface area contributed by atoms with Crippen LogP contribution in [-0.4, -0.2) is 30.9 Å². The summed E-state index contributed by atoms with van der Waals surface area (Å²) in [5, 5.41) is 13.9. The van der Waals surface area contributed by atoms with Crippen LogP contribution in [0, 0.1) is 0 Å². The summed E-state index contributed by atoms with van der Waals surface area (Å²) in [6.45, 7) is 3.75. The Morgan fingerprint density at radius 2 is 2.04 bits per heavy atom. The second-order valence-corrected chi connectivity index (χ2v) is 7.76. The van der Waals surface area contributed by atoms with Gasteiger partial charge in [-0.15, -0.1) is 21.5 Å². The molecule has 2 aromatic heterocycles. The Labute approximate surface area is 159 Å². The standard InChI is InChI=1S/C17H19N5O2S2/c1-11(24-13-7-5-4-6-8-13)14-20-21-17(22(14)3)26-12(2)15(23)19-16-18-9-10-25-16/h4-12H,1-3H3,(H,18,19,23)/t11-,12+/m0/s1. The fraction of sp³-hybridized carbons (Fsp3) is 0.294. The van der Waals surface area contributed by atoms with E-state index in [4.69, 9.17) is 4.74 Å². The summed E-state index contributed by atoms with van der Waals surface area (Å²) >= 11 is 2.73. The van der Waals surface area contributed by atoms with Gasteiger partial charge in [-0.25, -0.2) is 4.98 Å². The summed E-state index contributed by atoms with van der Waals surface area (Å²) in [7, 11) is 1.87. The van der Waals surface area contributed by atoms with Gasteiger partial charge in [0.25, 0.3) is 0 Å². The summed E-state index contributed by atoms with van der Waals surface area (Å²) in [5.74, 6) is 1.35. The molecule has 3 aromatic rings. The Balaban J connectivity index is 1.63. The first-order valence-electron chi connectivity index (χ1n) is 8.02. The normalized spacial score (nSPS) is 13.2. The number of thioether (sulfide) groups is 1. The number of benzene rings is 1. The number of ether oxygens (including phenoxy) is 1. The van der Waals surface area contributed by atoms with Gasteiger partial charge in [0.05, 0.1) is 5.25 Å². The minimum atomic E-state index is -0.333. The molecule has 1 N–H and O–H groups in total. The highest BCUT2D eigenvalue weighted by Gasteiger charge is 2.22. The fourth-order valence-corrected chi connectivity index (χ4v) is 3.60. The number of anilines is 1. The molecule has 3 rings (SSSR count). The van der Waals surface area contributed by atoms with E-state index < -0.39 is 0 Å². The molecule has 1 aromatic carbocycles. The predicted molar refractivity (Wildman–Crippen MR) is 103 cm³/mol. The Morgan fingerprint density at radius 3 is 2.73 bits per heavy atom. The number of para-hydroxylation sites is 1. The van der Waals surface area contributed by atoms with E-state index in [1.807, 2.05) is 61.2 Å². The van der Waals surface area contributed by atoms with Crippen LogP contribution >= 0.6 is 23.1 Å². The third-order valence-corrected chi connectivity index (χ3v) is 5.42. The van der Waals surface area contributed by atoms with Crippen LogP contribution in [-0.2, 0) is 11.8 Å². The molecule has 7 nitrogen and oxygen atoms in total. The third-order valence-electron chi connectivity index (χ3n) is 3.60. The number of rotatable bonds is 7. The van der Waals surface area contributed by atoms with Crippen LogP contribution in [0.25, 0.3) is 0 Å². The first kappa shape index (κ1) is 18.4. The maximum absolute atomic E-state index is 12.3. The number of amides is 1. The Hall–Kier alpha value is -2.39. The minimum absolute atomic E-state index is 0.122. The van der Waals surface area contributed by atoms with Crippen molar-refractivity contribution >= 4 is 34.1 Å². The third kappa shape index (κ3) is 4.41. The van der Waals surface area contributed by atoms with Crippen LogP contribution in [0.3, 0.4) is 0 Å². The Kier molecular flexibility index (Phi) is 5.89. The summed E-state index contributed by atoms with van der Waals surface area (Å²) < 4.78 is 7.75. The van der Waals surface area contributed by atoms with Crippen LogP contribution in [0.2, 0.25) is 0 Å². The van der Waals surface area contributed by atoms with Crippen molar-refractivity contribution in [1.29, 1.82) is 0 Å². The monoisotopic (exact) mass is 389 g/mol. The van der Waals surface area contributed by atoms with Gasteiger partial charge >= 0.3 is 0 Å². The fourth-order valence-electron chi connectivity index (χ4n) is 2.24. The maximum atomic E-state index is 12.3. The molecule has 0 saturated heterocycles. The highest BCUT2D eigenvalue weighted by atomic mass is 32.2. The van der Waals surface area contributed by atoms with E-state index in [2.05, 4.69) is 20.5 Å². The van der Waals surface area contributed by atoms with E-state index >= 15 is 0 Å². The SMILES string of the molecule is C[C@H](Oc1ccccc1)c1nnc(S[C@H](C)C(=O)Nc2nccs2)n1C. The molecule has 0 bridgehead atoms. The summed E-state index contributed by atoms with van der Waals surface area (Å²) in [4.78, 5) is 16.3. The molecule has 136 valence electrons. The molecular formula is C17H19N5O2S2. The van der Waals surface area contributed by atoms with E-state index in [-0.39, 0.29) is 17.3 Å². The second-order valence-electron chi connectivity index (χ2n) is 5.56. The van der Waals surface area contributed by atoms with Gasteiger partial charge in [-0.1, -0.05) is 30.0 Å². The van der Waals surface area contributed by atoms with Gasteiger partial charge in [0.2, 0.25) is 5.91 Å². The summed E-state index contributed by atoms with van der Waals surface area (Å²) in [6, 6.07) is 9.57. The lowest BCUT2D eigenvalue weighted by Gasteiger charge is -2.14. The molecule has 2 atom stereocenters. The smallest absolute Gasteiger partial charge is 0.239 e. The topological polar surface area (TPSA) is 81.9 Å². The number of hydrogen-bond acceptors (Lipinski definition) is 7. The highest BCUT2D eigenvalue weighted by molar-refractivity contribution is 8.00. The number of carbonyl (C=O) groups excluding carboxylic acids is 1. The first-order valence-corrected chi connectivity index (χ1v) is 9.78. The van der Waals surface area contributed by atoms with Gasteiger partial charge in [0, 0.05) is 18.6 Å². The van der Waals surface area contributed by atoms with E-state index in [9.17, 15) is 4.79 Å². The lowest BCUT2D eigenvalue weighted by Crippen LogP contribution is -2.22. The molecule has 0 saturated carbocycles. The molecule has 0 spiro atoms. The van der Waals surface area contributed by atoms with E-state index in [1.165, 1.54) is 23.1 Å². The average molecular weight is 390 g/mol. The van der Waals surface area contributed by atoms with Crippen molar-refractivity contribution in [3.8, 4) is 5.75 Å². The zero-order chi connectivity index (χ0) is 18.5. The highest BCUT2D eigenvalue weighted by Crippen LogP contribution is 2.26. The van der Waals surface area contributed by atoms with E-state index in [0.29, 0.717) is 16.1 Å². The quantitative estimate of drug-likeness (QED) is 0.623. The first-order chi connectivity index (χ1) is 12.5. The van der Waals surface area contributed by atoms with Crippen molar-refractivity contribution in [3.63, 3.8) is 0 Å². The van der Waals surface area contributed by atoms with E-state index in [0.717, 1.165) is 5.75 Å². The van der Waals surface area contributed by atoms with Crippen molar-refractivity contribution in [1.82, 2.24) is 19.7 Å². The molecule has 0 aliphatic heterocycles. The van der Waals surface area contributed by atoms with E-state index in [1.54, 1.807) is 6.20 Å². The maximum Gasteiger partial charge on any atom is 0.239 e. The van der Waals surface area contributed by atoms with Crippen LogP contribution in [0.1, 0.15) is 25.8 Å². The van der Waals surface area contributed by atoms with Crippen molar-refractivity contribution in [3.05, 3.63) is 47.7 Å². The number of hydrogen-bond donors (Lipinski definition) is 1. The minimum Gasteiger partial charge on any atom is -0.483 e. The summed E-state index contributed by atoms with van der Waals surface area (Å²) in [6.07, 6.45) is 1.39. The number of carbonyl (C=O) groups is 1. The zero-order valence-electron chi connectivity index (χ0n) is 14.6. The molecule has 0 unspecified atom stereocenters. The number of nitrogens with one attached hydrogen (secondary N) is 1. The van der Waals surface area contributed by atoms with Gasteiger partial charge in [0.1, 0.15) is 5.75 Å². The van der Waals surface area contributed by atoms with Gasteiger partial charge in [-0.2, -0.15) is 0 Å². The molecule has 2 heterocycles. The van der Waals surface area contributed by atoms with Crippen molar-refractivity contribution in [2.45, 2.75) is 30.4 Å². The Bertz CT molecular complexity index is 851. The largest absolute Gasteiger partial charge is 0.483 e. The van der Waals surface area contributed by atoms with Gasteiger partial charge in [-0.3, -0.25) is 4.79 Å². The van der Waals surface area contributed by atoms with Crippen LogP contribution in [0.5, 0.6) is 5.75 Å². The molecule has 26 heavy (non-hydrogen) atoms. The molecule has 0 aliphatic rings. The number of nitrogens with zero attached hydrogens (tertiary/aromatic N) is 4. The number of aromatic nitrogens is 4. The van der Waals surface area contributed by atoms with Gasteiger partial charge in [-0.05, 0) is 26.0 Å². The molecule has 1 amide bonds. The number of thiazole rings is 1. The van der Waals surface area contributed by atoms with Gasteiger partial charge in [0.15, 0.2) is 22.2 Å². The second kappa shape index (κ2) is 8.33. The molecule has 0 radical (unpaired) electrons. The molecular weight excluding hydrogens is 370 g/mol. The van der Waals surface area contributed by atoms with Gasteiger partial charge < -0.3 is 14.6 Å². The average Bonchev–Trinajstić information content (AvgIpc) is 3.26. The lowest BCUT2D eigenvalue weighted by atomic mass is 10.3. The molecule has 9 heteroatoms. The van der Waals surface area contributed by atoms with Crippen LogP contribution in [0.15, 0.2) is 47.1 Å². The summed E-state index contributed by atoms with van der Waals surface area (Å²) in [5.41, 5.74) is 0. The van der Waals surface area contributed by atoms with Crippen molar-refractivity contribution in [2.24, 2.45) is 7.05 Å².